The van der Waals surface area contributed by atoms with Crippen molar-refractivity contribution in [1.82, 2.24) is 4.98 Å². The molecule has 0 spiro atoms. The molecular formula is C13H17NO4. The van der Waals surface area contributed by atoms with Crippen LogP contribution in [0.5, 0.6) is 0 Å². The van der Waals surface area contributed by atoms with Crippen LogP contribution in [0, 0.1) is 6.92 Å². The summed E-state index contributed by atoms with van der Waals surface area (Å²) >= 11 is 0. The summed E-state index contributed by atoms with van der Waals surface area (Å²) in [5.41, 5.74) is 1.14. The zero-order valence-corrected chi connectivity index (χ0v) is 10.8. The normalized spacial score (nSPS) is 10.2. The van der Waals surface area contributed by atoms with Crippen LogP contribution in [0.1, 0.15) is 31.0 Å². The first-order valence-electron chi connectivity index (χ1n) is 5.86. The summed E-state index contributed by atoms with van der Waals surface area (Å²) in [5, 5.41) is 0. The maximum absolute atomic E-state index is 11.9. The molecule has 18 heavy (non-hydrogen) atoms. The number of carbonyl (C=O) groups excluding carboxylic acids is 2. The Bertz CT molecular complexity index is 413. The molecule has 5 nitrogen and oxygen atoms in total. The second kappa shape index (κ2) is 6.74. The van der Waals surface area contributed by atoms with Crippen molar-refractivity contribution in [2.24, 2.45) is 0 Å². The molecule has 0 radical (unpaired) electrons. The van der Waals surface area contributed by atoms with Crippen LogP contribution in [-0.2, 0) is 19.1 Å². The van der Waals surface area contributed by atoms with E-state index in [2.05, 4.69) is 4.98 Å². The summed E-state index contributed by atoms with van der Waals surface area (Å²) in [5.74, 6) is -2.27. The van der Waals surface area contributed by atoms with Gasteiger partial charge in [-0.15, -0.1) is 0 Å². The molecule has 0 bridgehead atoms. The van der Waals surface area contributed by atoms with Gasteiger partial charge in [-0.2, -0.15) is 0 Å². The zero-order valence-electron chi connectivity index (χ0n) is 10.8. The number of ether oxygens (including phenoxy) is 2. The lowest BCUT2D eigenvalue weighted by molar-refractivity contribution is -0.157. The SMILES string of the molecule is CCOC(=O)C(C(=O)OCC)c1cccnc1C. The van der Waals surface area contributed by atoms with E-state index in [0.717, 1.165) is 0 Å². The molecule has 98 valence electrons. The minimum Gasteiger partial charge on any atom is -0.465 e. The summed E-state index contributed by atoms with van der Waals surface area (Å²) in [6.07, 6.45) is 1.60. The smallest absolute Gasteiger partial charge is 0.324 e. The van der Waals surface area contributed by atoms with Crippen molar-refractivity contribution in [2.45, 2.75) is 26.7 Å². The fraction of sp³-hybridized carbons (Fsp3) is 0.462. The lowest BCUT2D eigenvalue weighted by Gasteiger charge is -2.15. The second-order valence-electron chi connectivity index (χ2n) is 3.62. The third-order valence-corrected chi connectivity index (χ3v) is 2.40. The van der Waals surface area contributed by atoms with E-state index in [1.54, 1.807) is 39.1 Å². The molecule has 0 aliphatic rings. The van der Waals surface area contributed by atoms with Crippen molar-refractivity contribution in [2.75, 3.05) is 13.2 Å². The predicted octanol–water partition coefficient (Wildman–Crippen LogP) is 1.60. The van der Waals surface area contributed by atoms with Crippen LogP contribution in [0.2, 0.25) is 0 Å². The van der Waals surface area contributed by atoms with Gasteiger partial charge in [-0.25, -0.2) is 0 Å². The van der Waals surface area contributed by atoms with Crippen molar-refractivity contribution in [3.05, 3.63) is 29.6 Å². The minimum atomic E-state index is -1.06. The van der Waals surface area contributed by atoms with Crippen LogP contribution in [-0.4, -0.2) is 30.1 Å². The number of aryl methyl sites for hydroxylation is 1. The maximum atomic E-state index is 11.9. The summed E-state index contributed by atoms with van der Waals surface area (Å²) in [6.45, 7) is 5.55. The van der Waals surface area contributed by atoms with E-state index < -0.39 is 17.9 Å². The van der Waals surface area contributed by atoms with Gasteiger partial charge >= 0.3 is 11.9 Å². The van der Waals surface area contributed by atoms with Gasteiger partial charge in [0.2, 0.25) is 0 Å². The zero-order chi connectivity index (χ0) is 13.5. The number of aromatic nitrogens is 1. The molecular weight excluding hydrogens is 234 g/mol. The predicted molar refractivity (Wildman–Crippen MR) is 65.0 cm³/mol. The number of esters is 2. The highest BCUT2D eigenvalue weighted by molar-refractivity contribution is 6.01. The number of pyridine rings is 1. The minimum absolute atomic E-state index is 0.216. The van der Waals surface area contributed by atoms with E-state index in [4.69, 9.17) is 9.47 Å². The first-order chi connectivity index (χ1) is 8.61. The van der Waals surface area contributed by atoms with Crippen molar-refractivity contribution in [3.8, 4) is 0 Å². The first kappa shape index (κ1) is 14.2. The quantitative estimate of drug-likeness (QED) is 0.587. The third-order valence-electron chi connectivity index (χ3n) is 2.40. The Balaban J connectivity index is 3.08. The third kappa shape index (κ3) is 3.29. The molecule has 0 aliphatic carbocycles. The molecule has 0 N–H and O–H groups in total. The Hall–Kier alpha value is -1.91. The number of hydrogen-bond donors (Lipinski definition) is 0. The molecule has 1 heterocycles. The van der Waals surface area contributed by atoms with Gasteiger partial charge in [0.05, 0.1) is 13.2 Å². The lowest BCUT2D eigenvalue weighted by atomic mass is 9.98. The van der Waals surface area contributed by atoms with Gasteiger partial charge < -0.3 is 9.47 Å². The van der Waals surface area contributed by atoms with Crippen LogP contribution in [0.4, 0.5) is 0 Å². The van der Waals surface area contributed by atoms with Crippen LogP contribution in [0.15, 0.2) is 18.3 Å². The molecule has 0 aromatic carbocycles. The standard InChI is InChI=1S/C13H17NO4/c1-4-17-12(15)11(13(16)18-5-2)10-7-6-8-14-9(10)3/h6-8,11H,4-5H2,1-3H3. The number of hydrogen-bond acceptors (Lipinski definition) is 5. The van der Waals surface area contributed by atoms with Crippen molar-refractivity contribution in [3.63, 3.8) is 0 Å². The van der Waals surface area contributed by atoms with Crippen LogP contribution in [0.25, 0.3) is 0 Å². The lowest BCUT2D eigenvalue weighted by Crippen LogP contribution is -2.27. The molecule has 0 atom stereocenters. The summed E-state index contributed by atoms with van der Waals surface area (Å²) in [4.78, 5) is 27.8. The van der Waals surface area contributed by atoms with Gasteiger partial charge in [0.15, 0.2) is 5.92 Å². The van der Waals surface area contributed by atoms with E-state index >= 15 is 0 Å². The van der Waals surface area contributed by atoms with Gasteiger partial charge in [0.25, 0.3) is 0 Å². The molecule has 0 aliphatic heterocycles. The molecule has 0 saturated heterocycles. The van der Waals surface area contributed by atoms with E-state index in [1.807, 2.05) is 0 Å². The monoisotopic (exact) mass is 251 g/mol. The van der Waals surface area contributed by atoms with E-state index in [-0.39, 0.29) is 13.2 Å². The Morgan fingerprint density at radius 1 is 1.22 bits per heavy atom. The average Bonchev–Trinajstić information content (AvgIpc) is 2.33. The van der Waals surface area contributed by atoms with Gasteiger partial charge in [-0.1, -0.05) is 6.07 Å². The summed E-state index contributed by atoms with van der Waals surface area (Å²) in [6, 6.07) is 3.36. The highest BCUT2D eigenvalue weighted by atomic mass is 16.6. The molecule has 0 saturated carbocycles. The van der Waals surface area contributed by atoms with E-state index in [1.165, 1.54) is 0 Å². The molecule has 1 aromatic rings. The molecule has 0 amide bonds. The van der Waals surface area contributed by atoms with Crippen LogP contribution >= 0.6 is 0 Å². The van der Waals surface area contributed by atoms with Crippen molar-refractivity contribution >= 4 is 11.9 Å². The largest absolute Gasteiger partial charge is 0.465 e. The fourth-order valence-electron chi connectivity index (χ4n) is 1.60. The van der Waals surface area contributed by atoms with E-state index in [9.17, 15) is 9.59 Å². The average molecular weight is 251 g/mol. The molecule has 0 unspecified atom stereocenters. The molecule has 1 rings (SSSR count). The van der Waals surface area contributed by atoms with Gasteiger partial charge in [0.1, 0.15) is 0 Å². The number of rotatable bonds is 5. The van der Waals surface area contributed by atoms with Gasteiger partial charge in [-0.3, -0.25) is 14.6 Å². The molecule has 5 heteroatoms. The highest BCUT2D eigenvalue weighted by Gasteiger charge is 2.32. The number of nitrogens with zero attached hydrogens (tertiary/aromatic N) is 1. The van der Waals surface area contributed by atoms with Crippen LogP contribution in [0.3, 0.4) is 0 Å². The van der Waals surface area contributed by atoms with Gasteiger partial charge in [0, 0.05) is 11.9 Å². The highest BCUT2D eigenvalue weighted by Crippen LogP contribution is 2.21. The Morgan fingerprint density at radius 3 is 2.22 bits per heavy atom. The van der Waals surface area contributed by atoms with E-state index in [0.29, 0.717) is 11.3 Å². The number of carbonyl (C=O) groups is 2. The van der Waals surface area contributed by atoms with Crippen molar-refractivity contribution in [1.29, 1.82) is 0 Å². The Labute approximate surface area is 106 Å². The summed E-state index contributed by atoms with van der Waals surface area (Å²) < 4.78 is 9.83. The van der Waals surface area contributed by atoms with Gasteiger partial charge in [-0.05, 0) is 32.4 Å². The van der Waals surface area contributed by atoms with Crippen LogP contribution < -0.4 is 0 Å². The maximum Gasteiger partial charge on any atom is 0.324 e. The topological polar surface area (TPSA) is 65.5 Å². The molecule has 1 aromatic heterocycles. The Kier molecular flexibility index (Phi) is 5.30. The van der Waals surface area contributed by atoms with Crippen molar-refractivity contribution < 1.29 is 19.1 Å². The molecule has 0 fully saturated rings. The fourth-order valence-corrected chi connectivity index (χ4v) is 1.60. The summed E-state index contributed by atoms with van der Waals surface area (Å²) in [7, 11) is 0. The second-order valence-corrected chi connectivity index (χ2v) is 3.62. The Morgan fingerprint density at radius 2 is 1.78 bits per heavy atom. The first-order valence-corrected chi connectivity index (χ1v) is 5.86.